The van der Waals surface area contributed by atoms with Gasteiger partial charge in [0.2, 0.25) is 10.0 Å². The zero-order chi connectivity index (χ0) is 15.6. The number of hydrogen-bond acceptors (Lipinski definition) is 5. The molecule has 2 rings (SSSR count). The van der Waals surface area contributed by atoms with Crippen LogP contribution in [0.5, 0.6) is 0 Å². The second-order valence-electron chi connectivity index (χ2n) is 4.78. The minimum Gasteiger partial charge on any atom is -0.399 e. The maximum atomic E-state index is 11.6. The predicted molar refractivity (Wildman–Crippen MR) is 82.1 cm³/mol. The summed E-state index contributed by atoms with van der Waals surface area (Å²) in [7, 11) is -1.99. The number of primary sulfonamides is 1. The average Bonchev–Trinajstić information content (AvgIpc) is 2.76. The highest BCUT2D eigenvalue weighted by molar-refractivity contribution is 7.89. The van der Waals surface area contributed by atoms with Gasteiger partial charge in [-0.15, -0.1) is 0 Å². The Labute approximate surface area is 124 Å². The molecule has 0 atom stereocenters. The van der Waals surface area contributed by atoms with Crippen molar-refractivity contribution >= 4 is 21.4 Å². The first-order chi connectivity index (χ1) is 9.81. The van der Waals surface area contributed by atoms with Gasteiger partial charge in [-0.05, 0) is 24.6 Å². The van der Waals surface area contributed by atoms with Gasteiger partial charge in [-0.25, -0.2) is 13.6 Å². The number of nitrogens with two attached hydrogens (primary N) is 2. The van der Waals surface area contributed by atoms with Crippen LogP contribution in [0.4, 0.5) is 11.4 Å². The van der Waals surface area contributed by atoms with Crippen molar-refractivity contribution in [3.8, 4) is 0 Å². The zero-order valence-corrected chi connectivity index (χ0v) is 12.8. The summed E-state index contributed by atoms with van der Waals surface area (Å²) in [5.41, 5.74) is 8.38. The predicted octanol–water partition coefficient (Wildman–Crippen LogP) is 0.824. The Bertz CT molecular complexity index is 752. The summed E-state index contributed by atoms with van der Waals surface area (Å²) in [6.45, 7) is 2.48. The molecule has 7 nitrogen and oxygen atoms in total. The number of aromatic nitrogens is 2. The van der Waals surface area contributed by atoms with Crippen molar-refractivity contribution in [2.24, 2.45) is 12.2 Å². The average molecular weight is 309 g/mol. The van der Waals surface area contributed by atoms with Crippen LogP contribution in [0.3, 0.4) is 0 Å². The molecule has 2 aromatic rings. The Morgan fingerprint density at radius 3 is 2.71 bits per heavy atom. The lowest BCUT2D eigenvalue weighted by atomic mass is 10.2. The highest BCUT2D eigenvalue weighted by atomic mass is 32.2. The standard InChI is InChI=1S/C13H19N5O2S/c1-3-11-9(8-18(2)17-11)7-16-12-5-4-10(14)6-13(12)21(15,19)20/h4-6,8,16H,3,7,14H2,1-2H3,(H2,15,19,20). The minimum atomic E-state index is -3.83. The van der Waals surface area contributed by atoms with Gasteiger partial charge in [-0.1, -0.05) is 6.92 Å². The van der Waals surface area contributed by atoms with Crippen molar-refractivity contribution in [1.29, 1.82) is 0 Å². The second-order valence-corrected chi connectivity index (χ2v) is 6.31. The number of nitrogen functional groups attached to an aromatic ring is 1. The molecule has 0 aliphatic rings. The molecule has 0 saturated carbocycles. The van der Waals surface area contributed by atoms with E-state index in [1.165, 1.54) is 6.07 Å². The van der Waals surface area contributed by atoms with Gasteiger partial charge >= 0.3 is 0 Å². The molecule has 0 bridgehead atoms. The first kappa shape index (κ1) is 15.3. The van der Waals surface area contributed by atoms with E-state index in [9.17, 15) is 8.42 Å². The number of anilines is 2. The molecule has 0 aliphatic heterocycles. The summed E-state index contributed by atoms with van der Waals surface area (Å²) in [5.74, 6) is 0. The molecule has 0 fully saturated rings. The zero-order valence-electron chi connectivity index (χ0n) is 12.0. The summed E-state index contributed by atoms with van der Waals surface area (Å²) in [6, 6.07) is 4.58. The monoisotopic (exact) mass is 309 g/mol. The van der Waals surface area contributed by atoms with E-state index in [0.29, 0.717) is 17.9 Å². The van der Waals surface area contributed by atoms with Crippen LogP contribution in [0.2, 0.25) is 0 Å². The van der Waals surface area contributed by atoms with Crippen molar-refractivity contribution in [1.82, 2.24) is 9.78 Å². The van der Waals surface area contributed by atoms with E-state index in [1.807, 2.05) is 20.2 Å². The van der Waals surface area contributed by atoms with Crippen molar-refractivity contribution in [2.45, 2.75) is 24.8 Å². The number of benzene rings is 1. The van der Waals surface area contributed by atoms with Crippen LogP contribution in [0.15, 0.2) is 29.3 Å². The maximum Gasteiger partial charge on any atom is 0.240 e. The van der Waals surface area contributed by atoms with E-state index in [-0.39, 0.29) is 4.90 Å². The second kappa shape index (κ2) is 5.74. The Hall–Kier alpha value is -2.06. The Kier molecular flexibility index (Phi) is 4.19. The fourth-order valence-corrected chi connectivity index (χ4v) is 2.89. The van der Waals surface area contributed by atoms with Crippen molar-refractivity contribution in [2.75, 3.05) is 11.1 Å². The van der Waals surface area contributed by atoms with Crippen LogP contribution < -0.4 is 16.2 Å². The molecule has 21 heavy (non-hydrogen) atoms. The Morgan fingerprint density at radius 2 is 2.10 bits per heavy atom. The van der Waals surface area contributed by atoms with E-state index in [0.717, 1.165) is 17.7 Å². The molecule has 0 radical (unpaired) electrons. The molecule has 8 heteroatoms. The molecule has 1 heterocycles. The van der Waals surface area contributed by atoms with E-state index in [2.05, 4.69) is 10.4 Å². The molecular weight excluding hydrogens is 290 g/mol. The number of sulfonamides is 1. The first-order valence-corrected chi connectivity index (χ1v) is 8.03. The highest BCUT2D eigenvalue weighted by Crippen LogP contribution is 2.23. The molecule has 1 aromatic heterocycles. The minimum absolute atomic E-state index is 0.00978. The van der Waals surface area contributed by atoms with Gasteiger partial charge in [0, 0.05) is 31.0 Å². The summed E-state index contributed by atoms with van der Waals surface area (Å²) in [6.07, 6.45) is 2.71. The summed E-state index contributed by atoms with van der Waals surface area (Å²) < 4.78 is 25.0. The molecule has 0 unspecified atom stereocenters. The Morgan fingerprint density at radius 1 is 1.38 bits per heavy atom. The fourth-order valence-electron chi connectivity index (χ4n) is 2.14. The lowest BCUT2D eigenvalue weighted by Crippen LogP contribution is -2.15. The maximum absolute atomic E-state index is 11.6. The van der Waals surface area contributed by atoms with Gasteiger partial charge in [0.25, 0.3) is 0 Å². The van der Waals surface area contributed by atoms with Gasteiger partial charge in [0.15, 0.2) is 0 Å². The number of hydrogen-bond donors (Lipinski definition) is 3. The summed E-state index contributed by atoms with van der Waals surface area (Å²) in [5, 5.41) is 12.6. The van der Waals surface area contributed by atoms with Gasteiger partial charge in [0.05, 0.1) is 11.4 Å². The quantitative estimate of drug-likeness (QED) is 0.707. The number of aryl methyl sites for hydroxylation is 2. The number of rotatable bonds is 5. The van der Waals surface area contributed by atoms with Crippen LogP contribution in [-0.2, 0) is 30.0 Å². The highest BCUT2D eigenvalue weighted by Gasteiger charge is 2.15. The van der Waals surface area contributed by atoms with Crippen LogP contribution in [0, 0.1) is 0 Å². The third kappa shape index (κ3) is 3.53. The molecular formula is C13H19N5O2S. The normalized spacial score (nSPS) is 11.6. The molecule has 0 saturated heterocycles. The number of nitrogens with one attached hydrogen (secondary N) is 1. The smallest absolute Gasteiger partial charge is 0.240 e. The lowest BCUT2D eigenvalue weighted by Gasteiger charge is -2.11. The van der Waals surface area contributed by atoms with Crippen LogP contribution in [0.1, 0.15) is 18.2 Å². The summed E-state index contributed by atoms with van der Waals surface area (Å²) >= 11 is 0. The van der Waals surface area contributed by atoms with Gasteiger partial charge in [-0.3, -0.25) is 4.68 Å². The van der Waals surface area contributed by atoms with Crippen LogP contribution >= 0.6 is 0 Å². The first-order valence-electron chi connectivity index (χ1n) is 6.49. The fraction of sp³-hybridized carbons (Fsp3) is 0.308. The topological polar surface area (TPSA) is 116 Å². The Balaban J connectivity index is 2.28. The van der Waals surface area contributed by atoms with Crippen LogP contribution in [0.25, 0.3) is 0 Å². The molecule has 1 aromatic carbocycles. The third-order valence-electron chi connectivity index (χ3n) is 3.11. The van der Waals surface area contributed by atoms with Crippen molar-refractivity contribution in [3.63, 3.8) is 0 Å². The van der Waals surface area contributed by atoms with E-state index < -0.39 is 10.0 Å². The molecule has 114 valence electrons. The molecule has 0 amide bonds. The lowest BCUT2D eigenvalue weighted by molar-refractivity contribution is 0.598. The molecule has 5 N–H and O–H groups in total. The van der Waals surface area contributed by atoms with Crippen LogP contribution in [-0.4, -0.2) is 18.2 Å². The van der Waals surface area contributed by atoms with E-state index >= 15 is 0 Å². The van der Waals surface area contributed by atoms with E-state index in [1.54, 1.807) is 16.8 Å². The third-order valence-corrected chi connectivity index (χ3v) is 4.06. The summed E-state index contributed by atoms with van der Waals surface area (Å²) in [4.78, 5) is -0.00978. The van der Waals surface area contributed by atoms with Crippen molar-refractivity contribution in [3.05, 3.63) is 35.7 Å². The number of nitrogens with zero attached hydrogens (tertiary/aromatic N) is 2. The van der Waals surface area contributed by atoms with Crippen molar-refractivity contribution < 1.29 is 8.42 Å². The molecule has 0 spiro atoms. The SMILES string of the molecule is CCc1nn(C)cc1CNc1ccc(N)cc1S(N)(=O)=O. The van der Waals surface area contributed by atoms with Gasteiger partial charge in [0.1, 0.15) is 4.90 Å². The van der Waals surface area contributed by atoms with Gasteiger partial charge in [-0.2, -0.15) is 5.10 Å². The molecule has 0 aliphatic carbocycles. The van der Waals surface area contributed by atoms with E-state index in [4.69, 9.17) is 10.9 Å². The van der Waals surface area contributed by atoms with Gasteiger partial charge < -0.3 is 11.1 Å². The largest absolute Gasteiger partial charge is 0.399 e.